The van der Waals surface area contributed by atoms with E-state index in [0.29, 0.717) is 32.6 Å². The molecular formula is C19H26N2O4. The van der Waals surface area contributed by atoms with Crippen LogP contribution in [-0.2, 0) is 19.7 Å². The zero-order chi connectivity index (χ0) is 18.1. The molecule has 0 aromatic heterocycles. The third kappa shape index (κ3) is 3.16. The maximum Gasteiger partial charge on any atom is 0.245 e. The number of nitrogens with zero attached hydrogens (tertiary/aromatic N) is 1. The Bertz CT molecular complexity index is 652. The van der Waals surface area contributed by atoms with Crippen LogP contribution < -0.4 is 5.48 Å². The fraction of sp³-hybridized carbons (Fsp3) is 0.579. The van der Waals surface area contributed by atoms with Gasteiger partial charge in [0.15, 0.2) is 0 Å². The lowest BCUT2D eigenvalue weighted by atomic mass is 9.79. The minimum absolute atomic E-state index is 0.0593. The van der Waals surface area contributed by atoms with E-state index in [0.717, 1.165) is 17.5 Å². The highest BCUT2D eigenvalue weighted by Crippen LogP contribution is 2.42. The molecule has 2 heterocycles. The Morgan fingerprint density at radius 3 is 2.48 bits per heavy atom. The second kappa shape index (κ2) is 6.77. The van der Waals surface area contributed by atoms with Crippen LogP contribution in [0.25, 0.3) is 0 Å². The molecule has 136 valence electrons. The van der Waals surface area contributed by atoms with Gasteiger partial charge in [-0.15, -0.1) is 0 Å². The van der Waals surface area contributed by atoms with Gasteiger partial charge in [-0.1, -0.05) is 29.8 Å². The van der Waals surface area contributed by atoms with E-state index < -0.39 is 16.9 Å². The van der Waals surface area contributed by atoms with Crippen molar-refractivity contribution in [3.05, 3.63) is 35.4 Å². The van der Waals surface area contributed by atoms with Crippen LogP contribution in [0.3, 0.4) is 0 Å². The zero-order valence-electron chi connectivity index (χ0n) is 14.9. The molecule has 2 fully saturated rings. The summed E-state index contributed by atoms with van der Waals surface area (Å²) in [5.74, 6) is -0.400. The molecule has 0 bridgehead atoms. The summed E-state index contributed by atoms with van der Waals surface area (Å²) in [5.41, 5.74) is 2.74. The first-order valence-corrected chi connectivity index (χ1v) is 8.81. The average Bonchev–Trinajstić information content (AvgIpc) is 2.93. The fourth-order valence-electron chi connectivity index (χ4n) is 4.12. The highest BCUT2D eigenvalue weighted by molar-refractivity contribution is 5.91. The van der Waals surface area contributed by atoms with Gasteiger partial charge in [0.25, 0.3) is 0 Å². The molecular weight excluding hydrogens is 320 g/mol. The fourth-order valence-corrected chi connectivity index (χ4v) is 4.12. The van der Waals surface area contributed by atoms with Gasteiger partial charge >= 0.3 is 0 Å². The monoisotopic (exact) mass is 346 g/mol. The molecule has 25 heavy (non-hydrogen) atoms. The highest BCUT2D eigenvalue weighted by atomic mass is 16.5. The standard InChI is InChI=1S/C19H26N2O4/c1-14-3-5-15(6-4-14)18(2)7-10-21(17(18)23)19(13-16(22)20-24)8-11-25-12-9-19/h3-6,24H,7-13H2,1-2H3,(H,20,22). The summed E-state index contributed by atoms with van der Waals surface area (Å²) in [4.78, 5) is 27.1. The van der Waals surface area contributed by atoms with Gasteiger partial charge in [0, 0.05) is 19.8 Å². The van der Waals surface area contributed by atoms with Crippen LogP contribution in [-0.4, -0.2) is 47.2 Å². The van der Waals surface area contributed by atoms with E-state index in [2.05, 4.69) is 0 Å². The normalized spacial score (nSPS) is 25.9. The van der Waals surface area contributed by atoms with Crippen LogP contribution in [0.2, 0.25) is 0 Å². The summed E-state index contributed by atoms with van der Waals surface area (Å²) < 4.78 is 5.45. The Morgan fingerprint density at radius 2 is 1.88 bits per heavy atom. The van der Waals surface area contributed by atoms with E-state index in [-0.39, 0.29) is 12.3 Å². The lowest BCUT2D eigenvalue weighted by Gasteiger charge is -2.44. The van der Waals surface area contributed by atoms with Gasteiger partial charge in [-0.2, -0.15) is 0 Å². The van der Waals surface area contributed by atoms with Crippen molar-refractivity contribution < 1.29 is 19.5 Å². The van der Waals surface area contributed by atoms with Crippen molar-refractivity contribution in [2.24, 2.45) is 0 Å². The van der Waals surface area contributed by atoms with E-state index in [1.165, 1.54) is 0 Å². The largest absolute Gasteiger partial charge is 0.381 e. The molecule has 6 heteroatoms. The second-order valence-corrected chi connectivity index (χ2v) is 7.45. The number of nitrogens with one attached hydrogen (secondary N) is 1. The third-order valence-corrected chi connectivity index (χ3v) is 5.85. The number of carbonyl (C=O) groups is 2. The molecule has 2 N–H and O–H groups in total. The summed E-state index contributed by atoms with van der Waals surface area (Å²) in [5, 5.41) is 8.96. The van der Waals surface area contributed by atoms with Gasteiger partial charge in [0.05, 0.1) is 17.4 Å². The predicted octanol–water partition coefficient (Wildman–Crippen LogP) is 1.93. The molecule has 1 unspecified atom stereocenters. The molecule has 6 nitrogen and oxygen atoms in total. The first kappa shape index (κ1) is 17.9. The maximum atomic E-state index is 13.4. The van der Waals surface area contributed by atoms with Crippen molar-refractivity contribution in [2.45, 2.75) is 50.5 Å². The van der Waals surface area contributed by atoms with E-state index >= 15 is 0 Å². The summed E-state index contributed by atoms with van der Waals surface area (Å²) >= 11 is 0. The number of rotatable bonds is 4. The number of amides is 2. The van der Waals surface area contributed by atoms with E-state index in [4.69, 9.17) is 9.94 Å². The Hall–Kier alpha value is -1.92. The average molecular weight is 346 g/mol. The number of hydrogen-bond donors (Lipinski definition) is 2. The van der Waals surface area contributed by atoms with Gasteiger partial charge in [-0.05, 0) is 38.7 Å². The van der Waals surface area contributed by atoms with E-state index in [9.17, 15) is 9.59 Å². The molecule has 2 aliphatic rings. The molecule has 0 aliphatic carbocycles. The zero-order valence-corrected chi connectivity index (χ0v) is 14.9. The van der Waals surface area contributed by atoms with Crippen LogP contribution in [0.5, 0.6) is 0 Å². The van der Waals surface area contributed by atoms with E-state index in [1.807, 2.05) is 43.0 Å². The Balaban J connectivity index is 1.90. The molecule has 1 aromatic carbocycles. The van der Waals surface area contributed by atoms with Crippen LogP contribution in [0.15, 0.2) is 24.3 Å². The van der Waals surface area contributed by atoms with Gasteiger partial charge < -0.3 is 9.64 Å². The summed E-state index contributed by atoms with van der Waals surface area (Å²) in [7, 11) is 0. The summed E-state index contributed by atoms with van der Waals surface area (Å²) in [6.45, 7) is 5.66. The molecule has 0 radical (unpaired) electrons. The summed E-state index contributed by atoms with van der Waals surface area (Å²) in [6.07, 6.45) is 2.03. The number of aryl methyl sites for hydroxylation is 1. The van der Waals surface area contributed by atoms with Gasteiger partial charge in [0.1, 0.15) is 0 Å². The molecule has 2 amide bonds. The van der Waals surface area contributed by atoms with Crippen molar-refractivity contribution in [3.63, 3.8) is 0 Å². The first-order chi connectivity index (χ1) is 11.9. The topological polar surface area (TPSA) is 78.9 Å². The smallest absolute Gasteiger partial charge is 0.245 e. The number of carbonyl (C=O) groups excluding carboxylic acids is 2. The van der Waals surface area contributed by atoms with Crippen molar-refractivity contribution in [1.82, 2.24) is 10.4 Å². The SMILES string of the molecule is Cc1ccc(C2(C)CCN(C3(CC(=O)NO)CCOCC3)C2=O)cc1. The number of hydroxylamine groups is 1. The molecule has 3 rings (SSSR count). The third-order valence-electron chi connectivity index (χ3n) is 5.85. The van der Waals surface area contributed by atoms with Crippen LogP contribution in [0.1, 0.15) is 43.7 Å². The van der Waals surface area contributed by atoms with Crippen LogP contribution >= 0.6 is 0 Å². The Kier molecular flexibility index (Phi) is 4.84. The Labute approximate surface area is 148 Å². The minimum atomic E-state index is -0.579. The van der Waals surface area contributed by atoms with Crippen LogP contribution in [0, 0.1) is 6.92 Å². The molecule has 0 saturated carbocycles. The number of likely N-dealkylation sites (tertiary alicyclic amines) is 1. The van der Waals surface area contributed by atoms with Crippen molar-refractivity contribution >= 4 is 11.8 Å². The number of hydrogen-bond acceptors (Lipinski definition) is 4. The Morgan fingerprint density at radius 1 is 1.24 bits per heavy atom. The maximum absolute atomic E-state index is 13.4. The molecule has 2 saturated heterocycles. The van der Waals surface area contributed by atoms with Gasteiger partial charge in [-0.3, -0.25) is 14.8 Å². The van der Waals surface area contributed by atoms with Crippen molar-refractivity contribution in [1.29, 1.82) is 0 Å². The lowest BCUT2D eigenvalue weighted by Crippen LogP contribution is -2.56. The van der Waals surface area contributed by atoms with Crippen LogP contribution in [0.4, 0.5) is 0 Å². The lowest BCUT2D eigenvalue weighted by molar-refractivity contribution is -0.145. The van der Waals surface area contributed by atoms with Gasteiger partial charge in [0.2, 0.25) is 11.8 Å². The second-order valence-electron chi connectivity index (χ2n) is 7.45. The van der Waals surface area contributed by atoms with E-state index in [1.54, 1.807) is 5.48 Å². The minimum Gasteiger partial charge on any atom is -0.381 e. The first-order valence-electron chi connectivity index (χ1n) is 8.81. The number of ether oxygens (including phenoxy) is 1. The molecule has 2 aliphatic heterocycles. The summed E-state index contributed by atoms with van der Waals surface area (Å²) in [6, 6.07) is 8.10. The van der Waals surface area contributed by atoms with Gasteiger partial charge in [-0.25, -0.2) is 5.48 Å². The van der Waals surface area contributed by atoms with Crippen molar-refractivity contribution in [3.8, 4) is 0 Å². The number of benzene rings is 1. The highest BCUT2D eigenvalue weighted by Gasteiger charge is 2.52. The van der Waals surface area contributed by atoms with Crippen molar-refractivity contribution in [2.75, 3.05) is 19.8 Å². The molecule has 1 aromatic rings. The quantitative estimate of drug-likeness (QED) is 0.645. The predicted molar refractivity (Wildman–Crippen MR) is 92.2 cm³/mol. The molecule has 0 spiro atoms. The molecule has 1 atom stereocenters.